The second-order valence-electron chi connectivity index (χ2n) is 3.55. The maximum atomic E-state index is 11.9. The minimum absolute atomic E-state index is 0.134. The van der Waals surface area contributed by atoms with Crippen LogP contribution in [0, 0.1) is 0 Å². The lowest BCUT2D eigenvalue weighted by Crippen LogP contribution is -2.32. The summed E-state index contributed by atoms with van der Waals surface area (Å²) in [6.07, 6.45) is -0.0515. The van der Waals surface area contributed by atoms with Gasteiger partial charge in [-0.3, -0.25) is 10.1 Å². The summed E-state index contributed by atoms with van der Waals surface area (Å²) < 4.78 is 5.58. The Morgan fingerprint density at radius 1 is 1.44 bits per heavy atom. The number of anilines is 1. The van der Waals surface area contributed by atoms with Crippen molar-refractivity contribution in [1.29, 1.82) is 0 Å². The van der Waals surface area contributed by atoms with Crippen LogP contribution in [0.4, 0.5) is 5.95 Å². The van der Waals surface area contributed by atoms with E-state index < -0.39 is 6.10 Å². The lowest BCUT2D eigenvalue weighted by molar-refractivity contribution is -0.122. The number of hydrogen-bond acceptors (Lipinski definition) is 5. The number of benzene rings is 1. The van der Waals surface area contributed by atoms with Crippen LogP contribution in [0.25, 0.3) is 0 Å². The topological polar surface area (TPSA) is 92.8 Å². The maximum absolute atomic E-state index is 11.9. The Morgan fingerprint density at radius 2 is 2.22 bits per heavy atom. The van der Waals surface area contributed by atoms with Crippen LogP contribution in [0.5, 0.6) is 5.75 Å². The van der Waals surface area contributed by atoms with Crippen LogP contribution in [0.15, 0.2) is 30.3 Å². The standard InChI is InChI=1S/C11H13N5O2/c1-2-9(18-8-6-4-3-5-7-8)10(17)12-11-13-15-16-14-11/h3-7,9H,2H2,1H3,(H2,12,13,14,15,16,17)/t9-/m1/s1. The van der Waals surface area contributed by atoms with E-state index in [9.17, 15) is 4.79 Å². The molecule has 0 bridgehead atoms. The van der Waals surface area contributed by atoms with E-state index >= 15 is 0 Å². The fraction of sp³-hybridized carbons (Fsp3) is 0.273. The summed E-state index contributed by atoms with van der Waals surface area (Å²) in [5, 5.41) is 15.4. The highest BCUT2D eigenvalue weighted by Crippen LogP contribution is 2.13. The molecule has 0 saturated heterocycles. The van der Waals surface area contributed by atoms with Gasteiger partial charge < -0.3 is 4.74 Å². The Labute approximate surface area is 104 Å². The smallest absolute Gasteiger partial charge is 0.269 e. The van der Waals surface area contributed by atoms with E-state index in [0.717, 1.165) is 0 Å². The molecule has 0 spiro atoms. The monoisotopic (exact) mass is 247 g/mol. The van der Waals surface area contributed by atoms with E-state index in [4.69, 9.17) is 4.74 Å². The van der Waals surface area contributed by atoms with Crippen molar-refractivity contribution in [3.05, 3.63) is 30.3 Å². The van der Waals surface area contributed by atoms with Gasteiger partial charge in [-0.2, -0.15) is 5.21 Å². The molecule has 2 aromatic rings. The van der Waals surface area contributed by atoms with E-state index in [0.29, 0.717) is 12.2 Å². The van der Waals surface area contributed by atoms with E-state index in [1.54, 1.807) is 12.1 Å². The van der Waals surface area contributed by atoms with Crippen LogP contribution < -0.4 is 10.1 Å². The summed E-state index contributed by atoms with van der Waals surface area (Å²) in [5.41, 5.74) is 0. The average Bonchev–Trinajstić information content (AvgIpc) is 2.90. The third-order valence-corrected chi connectivity index (χ3v) is 2.27. The van der Waals surface area contributed by atoms with Gasteiger partial charge in [0, 0.05) is 0 Å². The molecule has 0 aliphatic rings. The fourth-order valence-electron chi connectivity index (χ4n) is 1.39. The van der Waals surface area contributed by atoms with Crippen molar-refractivity contribution >= 4 is 11.9 Å². The summed E-state index contributed by atoms with van der Waals surface area (Å²) in [6, 6.07) is 9.17. The van der Waals surface area contributed by atoms with Crippen LogP contribution in [0.1, 0.15) is 13.3 Å². The molecule has 1 aromatic carbocycles. The minimum atomic E-state index is -0.592. The van der Waals surface area contributed by atoms with Crippen molar-refractivity contribution in [2.24, 2.45) is 0 Å². The van der Waals surface area contributed by atoms with Gasteiger partial charge in [-0.15, -0.1) is 5.10 Å². The van der Waals surface area contributed by atoms with Crippen LogP contribution >= 0.6 is 0 Å². The zero-order chi connectivity index (χ0) is 12.8. The van der Waals surface area contributed by atoms with Gasteiger partial charge in [0.25, 0.3) is 11.9 Å². The molecule has 94 valence electrons. The molecule has 1 amide bonds. The lowest BCUT2D eigenvalue weighted by atomic mass is 10.2. The zero-order valence-corrected chi connectivity index (χ0v) is 9.83. The fourth-order valence-corrected chi connectivity index (χ4v) is 1.39. The largest absolute Gasteiger partial charge is 0.481 e. The Bertz CT molecular complexity index is 485. The van der Waals surface area contributed by atoms with Crippen LogP contribution in [0.2, 0.25) is 0 Å². The predicted octanol–water partition coefficient (Wildman–Crippen LogP) is 0.996. The molecule has 1 heterocycles. The van der Waals surface area contributed by atoms with Gasteiger partial charge in [0.15, 0.2) is 6.10 Å². The van der Waals surface area contributed by atoms with Gasteiger partial charge >= 0.3 is 0 Å². The number of H-pyrrole nitrogens is 1. The van der Waals surface area contributed by atoms with Gasteiger partial charge in [0.1, 0.15) is 5.75 Å². The summed E-state index contributed by atoms with van der Waals surface area (Å²) >= 11 is 0. The third-order valence-electron chi connectivity index (χ3n) is 2.27. The predicted molar refractivity (Wildman–Crippen MR) is 64.0 cm³/mol. The highest BCUT2D eigenvalue weighted by atomic mass is 16.5. The lowest BCUT2D eigenvalue weighted by Gasteiger charge is -2.15. The van der Waals surface area contributed by atoms with Crippen molar-refractivity contribution in [3.63, 3.8) is 0 Å². The second-order valence-corrected chi connectivity index (χ2v) is 3.55. The number of hydrogen-bond donors (Lipinski definition) is 2. The number of ether oxygens (including phenoxy) is 1. The van der Waals surface area contributed by atoms with E-state index in [1.807, 2.05) is 25.1 Å². The molecule has 2 N–H and O–H groups in total. The number of nitrogens with one attached hydrogen (secondary N) is 2. The van der Waals surface area contributed by atoms with E-state index in [1.165, 1.54) is 0 Å². The Hall–Kier alpha value is -2.44. The number of para-hydroxylation sites is 1. The molecule has 7 nitrogen and oxygen atoms in total. The van der Waals surface area contributed by atoms with Crippen LogP contribution in [-0.4, -0.2) is 32.6 Å². The molecule has 1 aromatic heterocycles. The second kappa shape index (κ2) is 5.76. The van der Waals surface area contributed by atoms with Crippen LogP contribution in [-0.2, 0) is 4.79 Å². The first kappa shape index (κ1) is 12.0. The summed E-state index contributed by atoms with van der Waals surface area (Å²) in [5.74, 6) is 0.477. The first-order valence-corrected chi connectivity index (χ1v) is 5.55. The maximum Gasteiger partial charge on any atom is 0.269 e. The third kappa shape index (κ3) is 3.03. The average molecular weight is 247 g/mol. The van der Waals surface area contributed by atoms with Crippen molar-refractivity contribution in [2.45, 2.75) is 19.4 Å². The van der Waals surface area contributed by atoms with Crippen molar-refractivity contribution < 1.29 is 9.53 Å². The summed E-state index contributed by atoms with van der Waals surface area (Å²) in [7, 11) is 0. The first-order valence-electron chi connectivity index (χ1n) is 5.55. The Morgan fingerprint density at radius 3 is 2.83 bits per heavy atom. The van der Waals surface area contributed by atoms with Gasteiger partial charge in [0.2, 0.25) is 0 Å². The molecule has 0 fully saturated rings. The van der Waals surface area contributed by atoms with E-state index in [2.05, 4.69) is 25.9 Å². The van der Waals surface area contributed by atoms with Crippen molar-refractivity contribution in [1.82, 2.24) is 20.6 Å². The molecule has 0 radical (unpaired) electrons. The molecule has 0 unspecified atom stereocenters. The van der Waals surface area contributed by atoms with Gasteiger partial charge in [0.05, 0.1) is 0 Å². The summed E-state index contributed by atoms with van der Waals surface area (Å²) in [4.78, 5) is 11.9. The van der Waals surface area contributed by atoms with Crippen molar-refractivity contribution in [2.75, 3.05) is 5.32 Å². The van der Waals surface area contributed by atoms with Crippen molar-refractivity contribution in [3.8, 4) is 5.75 Å². The van der Waals surface area contributed by atoms with Gasteiger partial charge in [-0.05, 0) is 23.8 Å². The number of aromatic nitrogens is 4. The number of rotatable bonds is 5. The van der Waals surface area contributed by atoms with Crippen LogP contribution in [0.3, 0.4) is 0 Å². The summed E-state index contributed by atoms with van der Waals surface area (Å²) in [6.45, 7) is 1.86. The SMILES string of the molecule is CC[C@@H](Oc1ccccc1)C(=O)Nc1nn[nH]n1. The molecule has 0 saturated carbocycles. The number of carbonyl (C=O) groups is 1. The molecular weight excluding hydrogens is 234 g/mol. The quantitative estimate of drug-likeness (QED) is 0.822. The Kier molecular flexibility index (Phi) is 3.85. The number of tetrazole rings is 1. The Balaban J connectivity index is 1.98. The van der Waals surface area contributed by atoms with Gasteiger partial charge in [-0.1, -0.05) is 30.2 Å². The molecule has 7 heteroatoms. The molecule has 0 aliphatic heterocycles. The van der Waals surface area contributed by atoms with Gasteiger partial charge in [-0.25, -0.2) is 0 Å². The minimum Gasteiger partial charge on any atom is -0.481 e. The molecular formula is C11H13N5O2. The number of aromatic amines is 1. The zero-order valence-electron chi connectivity index (χ0n) is 9.83. The molecule has 0 aliphatic carbocycles. The van der Waals surface area contributed by atoms with E-state index in [-0.39, 0.29) is 11.9 Å². The highest BCUT2D eigenvalue weighted by molar-refractivity contribution is 5.92. The number of nitrogens with zero attached hydrogens (tertiary/aromatic N) is 3. The molecule has 2 rings (SSSR count). The molecule has 1 atom stereocenters. The first-order chi connectivity index (χ1) is 8.79. The normalized spacial score (nSPS) is 11.8. The highest BCUT2D eigenvalue weighted by Gasteiger charge is 2.19. The molecule has 18 heavy (non-hydrogen) atoms. The number of carbonyl (C=O) groups excluding carboxylic acids is 1. The number of amides is 1.